The number of nitrogens with zero attached hydrogens (tertiary/aromatic N) is 1. The van der Waals surface area contributed by atoms with E-state index in [2.05, 4.69) is 10.6 Å². The fourth-order valence-corrected chi connectivity index (χ4v) is 7.44. The van der Waals surface area contributed by atoms with Crippen LogP contribution in [0.4, 0.5) is 0 Å². The molecule has 2 N–H and O–H groups in total. The van der Waals surface area contributed by atoms with Gasteiger partial charge in [0.2, 0.25) is 11.8 Å². The Balaban J connectivity index is 1.95. The predicted molar refractivity (Wildman–Crippen MR) is 356 cm³/mol. The molecule has 0 fully saturated rings. The monoisotopic (exact) mass is 1420 g/mol. The topological polar surface area (TPSA) is 325 Å². The molecule has 0 spiro atoms. The molecule has 0 aliphatic carbocycles. The summed E-state index contributed by atoms with van der Waals surface area (Å²) in [5, 5.41) is 5.51. The molecule has 2 amide bonds. The van der Waals surface area contributed by atoms with Gasteiger partial charge in [-0.2, -0.15) is 0 Å². The molecule has 0 radical (unpaired) electrons. The van der Waals surface area contributed by atoms with Crippen LogP contribution >= 0.6 is 0 Å². The molecule has 1 aromatic carbocycles. The Bertz CT molecular complexity index is 1870. The quantitative estimate of drug-likeness (QED) is 0.0535. The van der Waals surface area contributed by atoms with Gasteiger partial charge in [-0.25, -0.2) is 0 Å². The van der Waals surface area contributed by atoms with Gasteiger partial charge >= 0.3 is 17.9 Å². The minimum atomic E-state index is -0.583. The fourth-order valence-electron chi connectivity index (χ4n) is 7.44. The summed E-state index contributed by atoms with van der Waals surface area (Å²) >= 11 is 0. The standard InChI is InChI=1S/C67H121N3O28/c1-66(2,3)97-63(73)12-16-76-20-24-80-28-32-84-36-40-88-44-48-92-52-54-94-50-46-90-42-38-86-34-30-82-26-22-78-18-14-68-61(71)56-70(58-65(75)96-59-60-10-8-7-9-11-60)57-62(72)69-15-19-79-23-27-83-31-35-87-39-43-91-47-51-95-55-53-93-49-45-89-41-37-85-33-29-81-25-21-77-17-13-64(74)98-67(4,5)6/h7-11H,12-59H2,1-6H3,(H,68,71)(H,69,72). The number of hydrogen-bond acceptors (Lipinski definition) is 29. The molecule has 1 rings (SSSR count). The van der Waals surface area contributed by atoms with E-state index in [0.29, 0.717) is 251 Å². The fraction of sp³-hybridized carbons (Fsp3) is 0.836. The van der Waals surface area contributed by atoms with Crippen LogP contribution in [0, 0.1) is 0 Å². The molecule has 0 bridgehead atoms. The van der Waals surface area contributed by atoms with Crippen LogP contribution in [0.25, 0.3) is 0 Å². The SMILES string of the molecule is CC(C)(C)OC(=O)CCOCCOCCOCCOCCOCCOCCOCCOCCOCCOCCNC(=O)CN(CC(=O)NCCOCCOCCOCCOCCOCCOCCOCCOCCOCCOCCC(=O)OC(C)(C)C)CC(=O)OCc1ccccc1. The first-order chi connectivity index (χ1) is 47.6. The van der Waals surface area contributed by atoms with E-state index in [1.54, 1.807) is 0 Å². The average Bonchev–Trinajstić information content (AvgIpc) is 3.14. The van der Waals surface area contributed by atoms with Gasteiger partial charge in [0.1, 0.15) is 17.8 Å². The van der Waals surface area contributed by atoms with Crippen molar-refractivity contribution in [2.24, 2.45) is 0 Å². The van der Waals surface area contributed by atoms with Crippen molar-refractivity contribution in [3.63, 3.8) is 0 Å². The van der Waals surface area contributed by atoms with Crippen molar-refractivity contribution in [3.05, 3.63) is 35.9 Å². The van der Waals surface area contributed by atoms with Gasteiger partial charge in [0.15, 0.2) is 0 Å². The van der Waals surface area contributed by atoms with Crippen LogP contribution in [0.15, 0.2) is 30.3 Å². The van der Waals surface area contributed by atoms with Gasteiger partial charge in [0, 0.05) is 13.1 Å². The number of ether oxygens (including phenoxy) is 23. The maximum Gasteiger partial charge on any atom is 0.320 e. The lowest BCUT2D eigenvalue weighted by Gasteiger charge is -2.20. The second-order valence-electron chi connectivity index (χ2n) is 22.9. The predicted octanol–water partition coefficient (Wildman–Crippen LogP) is 2.06. The highest BCUT2D eigenvalue weighted by molar-refractivity contribution is 5.82. The highest BCUT2D eigenvalue weighted by Crippen LogP contribution is 2.09. The van der Waals surface area contributed by atoms with Gasteiger partial charge in [-0.15, -0.1) is 0 Å². The zero-order valence-corrected chi connectivity index (χ0v) is 59.7. The summed E-state index contributed by atoms with van der Waals surface area (Å²) < 4.78 is 126. The van der Waals surface area contributed by atoms with E-state index in [1.165, 1.54) is 4.90 Å². The molecule has 0 unspecified atom stereocenters. The molecule has 0 saturated carbocycles. The smallest absolute Gasteiger partial charge is 0.320 e. The van der Waals surface area contributed by atoms with Crippen LogP contribution < -0.4 is 10.6 Å². The van der Waals surface area contributed by atoms with Crippen molar-refractivity contribution in [1.82, 2.24) is 15.5 Å². The number of rotatable bonds is 74. The summed E-state index contributed by atoms with van der Waals surface area (Å²) in [4.78, 5) is 63.2. The van der Waals surface area contributed by atoms with Crippen molar-refractivity contribution in [1.29, 1.82) is 0 Å². The molecule has 0 aliphatic rings. The Kier molecular flexibility index (Phi) is 64.1. The summed E-state index contributed by atoms with van der Waals surface area (Å²) in [6, 6.07) is 9.19. The van der Waals surface area contributed by atoms with Gasteiger partial charge < -0.3 is 120 Å². The van der Waals surface area contributed by atoms with E-state index in [1.807, 2.05) is 71.9 Å². The van der Waals surface area contributed by atoms with Gasteiger partial charge in [-0.05, 0) is 47.1 Å². The molecule has 31 nitrogen and oxygen atoms in total. The molecular weight excluding hydrogens is 1290 g/mol. The Morgan fingerprint density at radius 2 is 0.500 bits per heavy atom. The first-order valence-electron chi connectivity index (χ1n) is 34.1. The van der Waals surface area contributed by atoms with E-state index < -0.39 is 29.0 Å². The molecule has 0 aliphatic heterocycles. The second kappa shape index (κ2) is 68.5. The number of carbonyl (C=O) groups is 5. The zero-order chi connectivity index (χ0) is 71.2. The Hall–Kier alpha value is -4.27. The molecule has 572 valence electrons. The molecule has 0 aromatic heterocycles. The second-order valence-corrected chi connectivity index (χ2v) is 22.9. The number of esters is 3. The summed E-state index contributed by atoms with van der Waals surface area (Å²) in [6.07, 6.45) is 0.421. The number of nitrogens with one attached hydrogen (secondary N) is 2. The summed E-state index contributed by atoms with van der Waals surface area (Å²) in [5.74, 6) is -1.93. The summed E-state index contributed by atoms with van der Waals surface area (Å²) in [5.41, 5.74) is -0.186. The number of hydrogen-bond donors (Lipinski definition) is 2. The first-order valence-corrected chi connectivity index (χ1v) is 34.1. The molecule has 0 saturated heterocycles. The third-order valence-electron chi connectivity index (χ3n) is 11.9. The average molecular weight is 1420 g/mol. The van der Waals surface area contributed by atoms with Crippen LogP contribution in [0.5, 0.6) is 0 Å². The third kappa shape index (κ3) is 71.6. The summed E-state index contributed by atoms with van der Waals surface area (Å²) in [6.45, 7) is 26.8. The largest absolute Gasteiger partial charge is 0.460 e. The lowest BCUT2D eigenvalue weighted by molar-refractivity contribution is -0.157. The molecule has 1 aromatic rings. The number of benzene rings is 1. The van der Waals surface area contributed by atoms with Crippen molar-refractivity contribution in [2.75, 3.05) is 297 Å². The molecule has 98 heavy (non-hydrogen) atoms. The summed E-state index contributed by atoms with van der Waals surface area (Å²) in [7, 11) is 0. The van der Waals surface area contributed by atoms with Crippen molar-refractivity contribution < 1.29 is 133 Å². The van der Waals surface area contributed by atoms with Crippen molar-refractivity contribution >= 4 is 29.7 Å². The highest BCUT2D eigenvalue weighted by atomic mass is 16.6. The van der Waals surface area contributed by atoms with Gasteiger partial charge in [-0.3, -0.25) is 28.9 Å². The lowest BCUT2D eigenvalue weighted by atomic mass is 10.2. The molecular formula is C67H121N3O28. The highest BCUT2D eigenvalue weighted by Gasteiger charge is 2.20. The minimum Gasteiger partial charge on any atom is -0.460 e. The van der Waals surface area contributed by atoms with Crippen LogP contribution in [-0.2, 0) is 140 Å². The Labute approximate surface area is 581 Å². The number of amides is 2. The minimum absolute atomic E-state index is 0.0571. The first kappa shape index (κ1) is 91.7. The molecule has 0 atom stereocenters. The molecule has 31 heteroatoms. The van der Waals surface area contributed by atoms with Gasteiger partial charge in [0.05, 0.1) is 297 Å². The van der Waals surface area contributed by atoms with E-state index in [9.17, 15) is 24.0 Å². The maximum absolute atomic E-state index is 12.9. The van der Waals surface area contributed by atoms with Gasteiger partial charge in [0.25, 0.3) is 0 Å². The van der Waals surface area contributed by atoms with E-state index in [4.69, 9.17) is 109 Å². The van der Waals surface area contributed by atoms with Crippen LogP contribution in [0.1, 0.15) is 59.9 Å². The third-order valence-corrected chi connectivity index (χ3v) is 11.9. The van der Waals surface area contributed by atoms with E-state index in [0.717, 1.165) is 5.56 Å². The van der Waals surface area contributed by atoms with Gasteiger partial charge in [-0.1, -0.05) is 30.3 Å². The Morgan fingerprint density at radius 3 is 0.724 bits per heavy atom. The van der Waals surface area contributed by atoms with Crippen molar-refractivity contribution in [2.45, 2.75) is 72.2 Å². The maximum atomic E-state index is 12.9. The Morgan fingerprint density at radius 1 is 0.286 bits per heavy atom. The van der Waals surface area contributed by atoms with Crippen LogP contribution in [-0.4, -0.2) is 343 Å². The zero-order valence-electron chi connectivity index (χ0n) is 59.7. The van der Waals surface area contributed by atoms with E-state index in [-0.39, 0.29) is 77.3 Å². The number of carbonyl (C=O) groups excluding carboxylic acids is 5. The normalized spacial score (nSPS) is 11.8. The lowest BCUT2D eigenvalue weighted by Crippen LogP contribution is -2.46. The molecule has 0 heterocycles. The van der Waals surface area contributed by atoms with Crippen LogP contribution in [0.3, 0.4) is 0 Å². The van der Waals surface area contributed by atoms with E-state index >= 15 is 0 Å². The van der Waals surface area contributed by atoms with Crippen LogP contribution in [0.2, 0.25) is 0 Å². The van der Waals surface area contributed by atoms with Crippen molar-refractivity contribution in [3.8, 4) is 0 Å².